The number of rotatable bonds is 3. The summed E-state index contributed by atoms with van der Waals surface area (Å²) < 4.78 is 0. The molecule has 3 N–H and O–H groups in total. The fourth-order valence-corrected chi connectivity index (χ4v) is 2.77. The van der Waals surface area contributed by atoms with E-state index in [1.54, 1.807) is 0 Å². The summed E-state index contributed by atoms with van der Waals surface area (Å²) in [5, 5.41) is 10.3. The number of likely N-dealkylation sites (tertiary alicyclic amines) is 1. The van der Waals surface area contributed by atoms with E-state index in [0.29, 0.717) is 24.2 Å². The first-order chi connectivity index (χ1) is 8.58. The van der Waals surface area contributed by atoms with Crippen molar-refractivity contribution in [1.29, 1.82) is 0 Å². The van der Waals surface area contributed by atoms with Crippen molar-refractivity contribution in [3.63, 3.8) is 0 Å². The predicted octanol–water partition coefficient (Wildman–Crippen LogP) is 2.42. The summed E-state index contributed by atoms with van der Waals surface area (Å²) in [6.07, 6.45) is 2.09. The molecule has 1 aliphatic rings. The van der Waals surface area contributed by atoms with E-state index in [1.807, 2.05) is 24.3 Å². The molecule has 1 saturated heterocycles. The SMILES string of the molecule is CC1CCCN(CC(O)c2cccc(N)c2)C1C. The molecule has 3 nitrogen and oxygen atoms in total. The lowest BCUT2D eigenvalue weighted by atomic mass is 9.91. The van der Waals surface area contributed by atoms with Gasteiger partial charge in [0.05, 0.1) is 6.10 Å². The van der Waals surface area contributed by atoms with Gasteiger partial charge in [0.25, 0.3) is 0 Å². The van der Waals surface area contributed by atoms with E-state index in [2.05, 4.69) is 18.7 Å². The van der Waals surface area contributed by atoms with Gasteiger partial charge in [-0.2, -0.15) is 0 Å². The molecule has 0 spiro atoms. The summed E-state index contributed by atoms with van der Waals surface area (Å²) in [6.45, 7) is 6.35. The van der Waals surface area contributed by atoms with Crippen LogP contribution in [0.5, 0.6) is 0 Å². The monoisotopic (exact) mass is 248 g/mol. The number of hydrogen-bond donors (Lipinski definition) is 2. The zero-order valence-corrected chi connectivity index (χ0v) is 11.3. The van der Waals surface area contributed by atoms with E-state index in [1.165, 1.54) is 12.8 Å². The lowest BCUT2D eigenvalue weighted by molar-refractivity contribution is 0.0513. The molecule has 0 aromatic heterocycles. The summed E-state index contributed by atoms with van der Waals surface area (Å²) in [7, 11) is 0. The highest BCUT2D eigenvalue weighted by atomic mass is 16.3. The van der Waals surface area contributed by atoms with Gasteiger partial charge in [-0.3, -0.25) is 4.90 Å². The molecule has 2 rings (SSSR count). The minimum atomic E-state index is -0.443. The highest BCUT2D eigenvalue weighted by Gasteiger charge is 2.26. The molecule has 0 bridgehead atoms. The Kier molecular flexibility index (Phi) is 4.25. The Morgan fingerprint density at radius 1 is 1.44 bits per heavy atom. The summed E-state index contributed by atoms with van der Waals surface area (Å²) >= 11 is 0. The van der Waals surface area contributed by atoms with Crippen molar-refractivity contribution in [3.8, 4) is 0 Å². The zero-order valence-electron chi connectivity index (χ0n) is 11.3. The Morgan fingerprint density at radius 3 is 2.94 bits per heavy atom. The van der Waals surface area contributed by atoms with Crippen LogP contribution in [0, 0.1) is 5.92 Å². The van der Waals surface area contributed by atoms with E-state index in [4.69, 9.17) is 5.73 Å². The van der Waals surface area contributed by atoms with Crippen molar-refractivity contribution >= 4 is 5.69 Å². The molecule has 18 heavy (non-hydrogen) atoms. The Morgan fingerprint density at radius 2 is 2.22 bits per heavy atom. The fourth-order valence-electron chi connectivity index (χ4n) is 2.77. The summed E-state index contributed by atoms with van der Waals surface area (Å²) in [5.41, 5.74) is 7.39. The van der Waals surface area contributed by atoms with Gasteiger partial charge in [0.2, 0.25) is 0 Å². The molecule has 1 aromatic rings. The molecular formula is C15H24N2O. The quantitative estimate of drug-likeness (QED) is 0.808. The van der Waals surface area contributed by atoms with Gasteiger partial charge in [-0.1, -0.05) is 19.1 Å². The number of nitrogen functional groups attached to an aromatic ring is 1. The Hall–Kier alpha value is -1.06. The summed E-state index contributed by atoms with van der Waals surface area (Å²) in [4.78, 5) is 2.39. The minimum absolute atomic E-state index is 0.443. The third kappa shape index (κ3) is 3.03. The number of aliphatic hydroxyl groups excluding tert-OH is 1. The number of benzene rings is 1. The molecule has 0 saturated carbocycles. The standard InChI is InChI=1S/C15H24N2O/c1-11-5-4-8-17(12(11)2)10-15(18)13-6-3-7-14(16)9-13/h3,6-7,9,11-12,15,18H,4-5,8,10,16H2,1-2H3. The van der Waals surface area contributed by atoms with E-state index in [9.17, 15) is 5.11 Å². The van der Waals surface area contributed by atoms with Crippen LogP contribution in [0.15, 0.2) is 24.3 Å². The van der Waals surface area contributed by atoms with Crippen molar-refractivity contribution in [2.75, 3.05) is 18.8 Å². The lowest BCUT2D eigenvalue weighted by Crippen LogP contribution is -2.44. The second-order valence-corrected chi connectivity index (χ2v) is 5.54. The molecule has 1 heterocycles. The largest absolute Gasteiger partial charge is 0.399 e. The van der Waals surface area contributed by atoms with Gasteiger partial charge in [0, 0.05) is 18.3 Å². The highest BCUT2D eigenvalue weighted by molar-refractivity contribution is 5.41. The maximum atomic E-state index is 10.3. The second kappa shape index (κ2) is 5.72. The van der Waals surface area contributed by atoms with Gasteiger partial charge in [-0.15, -0.1) is 0 Å². The number of piperidine rings is 1. The van der Waals surface area contributed by atoms with Gasteiger partial charge in [0.1, 0.15) is 0 Å². The molecule has 1 aliphatic heterocycles. The first-order valence-electron chi connectivity index (χ1n) is 6.85. The Balaban J connectivity index is 2.00. The molecule has 1 aromatic carbocycles. The number of β-amino-alcohol motifs (C(OH)–C–C–N with tert-alkyl or cyclic N) is 1. The molecule has 0 radical (unpaired) electrons. The molecule has 3 unspecified atom stereocenters. The number of nitrogens with two attached hydrogens (primary N) is 1. The number of aliphatic hydroxyl groups is 1. The van der Waals surface area contributed by atoms with Gasteiger partial charge in [-0.25, -0.2) is 0 Å². The molecule has 1 fully saturated rings. The Bertz CT molecular complexity index is 394. The number of anilines is 1. The van der Waals surface area contributed by atoms with Crippen LogP contribution in [0.25, 0.3) is 0 Å². The third-order valence-electron chi connectivity index (χ3n) is 4.21. The topological polar surface area (TPSA) is 49.5 Å². The van der Waals surface area contributed by atoms with Crippen molar-refractivity contribution in [2.45, 2.75) is 38.8 Å². The summed E-state index contributed by atoms with van der Waals surface area (Å²) in [5.74, 6) is 0.715. The van der Waals surface area contributed by atoms with Crippen LogP contribution in [-0.2, 0) is 0 Å². The van der Waals surface area contributed by atoms with E-state index >= 15 is 0 Å². The van der Waals surface area contributed by atoms with Crippen LogP contribution < -0.4 is 5.73 Å². The molecule has 100 valence electrons. The van der Waals surface area contributed by atoms with E-state index in [0.717, 1.165) is 12.1 Å². The molecular weight excluding hydrogens is 224 g/mol. The molecule has 0 amide bonds. The second-order valence-electron chi connectivity index (χ2n) is 5.54. The van der Waals surface area contributed by atoms with Gasteiger partial charge < -0.3 is 10.8 Å². The van der Waals surface area contributed by atoms with Crippen molar-refractivity contribution in [3.05, 3.63) is 29.8 Å². The first-order valence-corrected chi connectivity index (χ1v) is 6.85. The molecule has 3 atom stereocenters. The molecule has 3 heteroatoms. The summed E-state index contributed by atoms with van der Waals surface area (Å²) in [6, 6.07) is 8.11. The van der Waals surface area contributed by atoms with Crippen LogP contribution >= 0.6 is 0 Å². The average Bonchev–Trinajstić information content (AvgIpc) is 2.35. The van der Waals surface area contributed by atoms with Crippen LogP contribution in [0.1, 0.15) is 38.4 Å². The van der Waals surface area contributed by atoms with Crippen molar-refractivity contribution in [1.82, 2.24) is 4.90 Å². The first kappa shape index (κ1) is 13.4. The van der Waals surface area contributed by atoms with E-state index < -0.39 is 6.10 Å². The average molecular weight is 248 g/mol. The van der Waals surface area contributed by atoms with Crippen LogP contribution in [0.4, 0.5) is 5.69 Å². The lowest BCUT2D eigenvalue weighted by Gasteiger charge is -2.39. The minimum Gasteiger partial charge on any atom is -0.399 e. The van der Waals surface area contributed by atoms with Gasteiger partial charge in [0.15, 0.2) is 0 Å². The maximum Gasteiger partial charge on any atom is 0.0917 e. The Labute approximate surface area is 110 Å². The van der Waals surface area contributed by atoms with Crippen LogP contribution in [0.3, 0.4) is 0 Å². The third-order valence-corrected chi connectivity index (χ3v) is 4.21. The highest BCUT2D eigenvalue weighted by Crippen LogP contribution is 2.25. The van der Waals surface area contributed by atoms with Crippen LogP contribution in [0.2, 0.25) is 0 Å². The van der Waals surface area contributed by atoms with Crippen molar-refractivity contribution < 1.29 is 5.11 Å². The zero-order chi connectivity index (χ0) is 13.1. The van der Waals surface area contributed by atoms with Gasteiger partial charge in [-0.05, 0) is 49.9 Å². The normalized spacial score (nSPS) is 27.1. The molecule has 0 aliphatic carbocycles. The van der Waals surface area contributed by atoms with Crippen LogP contribution in [-0.4, -0.2) is 29.1 Å². The smallest absolute Gasteiger partial charge is 0.0917 e. The number of nitrogens with zero attached hydrogens (tertiary/aromatic N) is 1. The maximum absolute atomic E-state index is 10.3. The fraction of sp³-hybridized carbons (Fsp3) is 0.600. The van der Waals surface area contributed by atoms with Gasteiger partial charge >= 0.3 is 0 Å². The van der Waals surface area contributed by atoms with Crippen molar-refractivity contribution in [2.24, 2.45) is 5.92 Å². The predicted molar refractivity (Wildman–Crippen MR) is 75.2 cm³/mol. The van der Waals surface area contributed by atoms with E-state index in [-0.39, 0.29) is 0 Å². The number of hydrogen-bond acceptors (Lipinski definition) is 3.